The van der Waals surface area contributed by atoms with Gasteiger partial charge in [-0.2, -0.15) is 0 Å². The molecule has 0 radical (unpaired) electrons. The molecule has 0 spiro atoms. The van der Waals surface area contributed by atoms with Gasteiger partial charge in [0.05, 0.1) is 0 Å². The van der Waals surface area contributed by atoms with Gasteiger partial charge in [0.1, 0.15) is 0 Å². The van der Waals surface area contributed by atoms with Gasteiger partial charge >= 0.3 is 0 Å². The molecule has 1 aliphatic heterocycles. The van der Waals surface area contributed by atoms with Crippen LogP contribution in [0.3, 0.4) is 0 Å². The van der Waals surface area contributed by atoms with Crippen molar-refractivity contribution in [2.45, 2.75) is 65.2 Å². The summed E-state index contributed by atoms with van der Waals surface area (Å²) in [6, 6.07) is 0. The molecular formula is C17H34N2. The molecule has 19 heavy (non-hydrogen) atoms. The SMILES string of the molecule is CC(C)CC1(CNCCCC2CCNC2)CCCC1. The lowest BCUT2D eigenvalue weighted by atomic mass is 9.78. The molecular weight excluding hydrogens is 232 g/mol. The Kier molecular flexibility index (Phi) is 6.15. The minimum Gasteiger partial charge on any atom is -0.316 e. The van der Waals surface area contributed by atoms with Crippen LogP contribution in [0.5, 0.6) is 0 Å². The minimum atomic E-state index is 0.642. The number of hydrogen-bond donors (Lipinski definition) is 2. The second kappa shape index (κ2) is 7.64. The van der Waals surface area contributed by atoms with Gasteiger partial charge in [-0.1, -0.05) is 26.7 Å². The lowest BCUT2D eigenvalue weighted by Crippen LogP contribution is -2.34. The van der Waals surface area contributed by atoms with Crippen LogP contribution in [0, 0.1) is 17.3 Å². The zero-order valence-corrected chi connectivity index (χ0v) is 13.1. The molecule has 2 N–H and O–H groups in total. The summed E-state index contributed by atoms with van der Waals surface area (Å²) in [5, 5.41) is 7.24. The Hall–Kier alpha value is -0.0800. The van der Waals surface area contributed by atoms with Gasteiger partial charge in [0.2, 0.25) is 0 Å². The summed E-state index contributed by atoms with van der Waals surface area (Å²) in [7, 11) is 0. The van der Waals surface area contributed by atoms with Crippen LogP contribution in [0.4, 0.5) is 0 Å². The topological polar surface area (TPSA) is 24.1 Å². The fraction of sp³-hybridized carbons (Fsp3) is 1.00. The monoisotopic (exact) mass is 266 g/mol. The van der Waals surface area contributed by atoms with Crippen molar-refractivity contribution < 1.29 is 0 Å². The Morgan fingerprint density at radius 3 is 2.68 bits per heavy atom. The van der Waals surface area contributed by atoms with Crippen molar-refractivity contribution >= 4 is 0 Å². The number of nitrogens with one attached hydrogen (secondary N) is 2. The van der Waals surface area contributed by atoms with Crippen molar-refractivity contribution in [3.63, 3.8) is 0 Å². The van der Waals surface area contributed by atoms with E-state index < -0.39 is 0 Å². The molecule has 1 heterocycles. The van der Waals surface area contributed by atoms with Crippen molar-refractivity contribution in [3.8, 4) is 0 Å². The minimum absolute atomic E-state index is 0.642. The van der Waals surface area contributed by atoms with Crippen LogP contribution in [-0.4, -0.2) is 26.2 Å². The first kappa shape index (κ1) is 15.3. The molecule has 1 saturated carbocycles. The Labute approximate surface area is 120 Å². The van der Waals surface area contributed by atoms with Crippen LogP contribution < -0.4 is 10.6 Å². The molecule has 0 aromatic carbocycles. The van der Waals surface area contributed by atoms with Gasteiger partial charge in [-0.25, -0.2) is 0 Å². The second-order valence-corrected chi connectivity index (χ2v) is 7.48. The summed E-state index contributed by atoms with van der Waals surface area (Å²) in [5.74, 6) is 1.81. The largest absolute Gasteiger partial charge is 0.316 e. The van der Waals surface area contributed by atoms with Crippen LogP contribution in [0.2, 0.25) is 0 Å². The van der Waals surface area contributed by atoms with E-state index in [9.17, 15) is 0 Å². The molecule has 0 aromatic heterocycles. The predicted octanol–water partition coefficient (Wildman–Crippen LogP) is 3.57. The molecule has 2 rings (SSSR count). The van der Waals surface area contributed by atoms with Gasteiger partial charge in [0.15, 0.2) is 0 Å². The maximum atomic E-state index is 3.78. The normalized spacial score (nSPS) is 26.4. The maximum Gasteiger partial charge on any atom is 0.000790 e. The molecule has 2 nitrogen and oxygen atoms in total. The third-order valence-corrected chi connectivity index (χ3v) is 5.13. The van der Waals surface area contributed by atoms with Gasteiger partial charge in [-0.15, -0.1) is 0 Å². The van der Waals surface area contributed by atoms with E-state index in [0.29, 0.717) is 5.41 Å². The van der Waals surface area contributed by atoms with E-state index >= 15 is 0 Å². The van der Waals surface area contributed by atoms with E-state index in [1.807, 2.05) is 0 Å². The third kappa shape index (κ3) is 5.07. The average Bonchev–Trinajstić information content (AvgIpc) is 3.00. The Morgan fingerprint density at radius 2 is 2.05 bits per heavy atom. The summed E-state index contributed by atoms with van der Waals surface area (Å²) in [6.07, 6.45) is 11.4. The third-order valence-electron chi connectivity index (χ3n) is 5.13. The van der Waals surface area contributed by atoms with Gasteiger partial charge < -0.3 is 10.6 Å². The van der Waals surface area contributed by atoms with Crippen molar-refractivity contribution in [3.05, 3.63) is 0 Å². The highest BCUT2D eigenvalue weighted by Crippen LogP contribution is 2.42. The second-order valence-electron chi connectivity index (χ2n) is 7.48. The highest BCUT2D eigenvalue weighted by molar-refractivity contribution is 4.87. The molecule has 2 aliphatic rings. The standard InChI is InChI=1S/C17H34N2/c1-15(2)12-17(8-3-4-9-17)14-19-10-5-6-16-7-11-18-13-16/h15-16,18-19H,3-14H2,1-2H3. The van der Waals surface area contributed by atoms with E-state index in [1.54, 1.807) is 0 Å². The van der Waals surface area contributed by atoms with Crippen LogP contribution in [0.25, 0.3) is 0 Å². The summed E-state index contributed by atoms with van der Waals surface area (Å²) in [4.78, 5) is 0. The fourth-order valence-electron chi connectivity index (χ4n) is 4.27. The first-order valence-electron chi connectivity index (χ1n) is 8.62. The van der Waals surface area contributed by atoms with Crippen molar-refractivity contribution in [1.82, 2.24) is 10.6 Å². The lowest BCUT2D eigenvalue weighted by molar-refractivity contribution is 0.223. The molecule has 1 saturated heterocycles. The van der Waals surface area contributed by atoms with E-state index in [2.05, 4.69) is 24.5 Å². The van der Waals surface area contributed by atoms with Crippen LogP contribution >= 0.6 is 0 Å². The van der Waals surface area contributed by atoms with Crippen molar-refractivity contribution in [2.75, 3.05) is 26.2 Å². The van der Waals surface area contributed by atoms with Crippen LogP contribution in [-0.2, 0) is 0 Å². The molecule has 1 unspecified atom stereocenters. The Morgan fingerprint density at radius 1 is 1.26 bits per heavy atom. The number of hydrogen-bond acceptors (Lipinski definition) is 2. The predicted molar refractivity (Wildman–Crippen MR) is 83.4 cm³/mol. The quantitative estimate of drug-likeness (QED) is 0.656. The summed E-state index contributed by atoms with van der Waals surface area (Å²) in [6.45, 7) is 9.78. The number of rotatable bonds is 8. The maximum absolute atomic E-state index is 3.78. The smallest absolute Gasteiger partial charge is 0.000790 e. The van der Waals surface area contributed by atoms with Crippen LogP contribution in [0.1, 0.15) is 65.2 Å². The van der Waals surface area contributed by atoms with Gasteiger partial charge in [-0.05, 0) is 75.4 Å². The Balaban J connectivity index is 1.59. The van der Waals surface area contributed by atoms with Crippen molar-refractivity contribution in [2.24, 2.45) is 17.3 Å². The Bertz CT molecular complexity index is 238. The molecule has 0 aromatic rings. The molecule has 2 fully saturated rings. The molecule has 1 atom stereocenters. The van der Waals surface area contributed by atoms with E-state index in [0.717, 1.165) is 11.8 Å². The summed E-state index contributed by atoms with van der Waals surface area (Å²) < 4.78 is 0. The van der Waals surface area contributed by atoms with E-state index in [-0.39, 0.29) is 0 Å². The molecule has 2 heteroatoms. The molecule has 112 valence electrons. The highest BCUT2D eigenvalue weighted by Gasteiger charge is 2.33. The van der Waals surface area contributed by atoms with Gasteiger partial charge in [0, 0.05) is 6.54 Å². The highest BCUT2D eigenvalue weighted by atomic mass is 14.9. The summed E-state index contributed by atoms with van der Waals surface area (Å²) >= 11 is 0. The summed E-state index contributed by atoms with van der Waals surface area (Å²) in [5.41, 5.74) is 0.642. The zero-order valence-electron chi connectivity index (χ0n) is 13.1. The van der Waals surface area contributed by atoms with E-state index in [1.165, 1.54) is 77.5 Å². The molecule has 0 amide bonds. The van der Waals surface area contributed by atoms with Crippen LogP contribution in [0.15, 0.2) is 0 Å². The first-order chi connectivity index (χ1) is 9.20. The molecule has 1 aliphatic carbocycles. The zero-order chi connectivity index (χ0) is 13.6. The van der Waals surface area contributed by atoms with Gasteiger partial charge in [-0.3, -0.25) is 0 Å². The fourth-order valence-corrected chi connectivity index (χ4v) is 4.27. The molecule has 0 bridgehead atoms. The van der Waals surface area contributed by atoms with Gasteiger partial charge in [0.25, 0.3) is 0 Å². The first-order valence-corrected chi connectivity index (χ1v) is 8.62. The lowest BCUT2D eigenvalue weighted by Gasteiger charge is -2.31. The average molecular weight is 266 g/mol. The van der Waals surface area contributed by atoms with Crippen molar-refractivity contribution in [1.29, 1.82) is 0 Å². The van der Waals surface area contributed by atoms with E-state index in [4.69, 9.17) is 0 Å².